The van der Waals surface area contributed by atoms with Gasteiger partial charge < -0.3 is 15.2 Å². The van der Waals surface area contributed by atoms with Crippen molar-refractivity contribution in [3.8, 4) is 0 Å². The third kappa shape index (κ3) is 2.77. The summed E-state index contributed by atoms with van der Waals surface area (Å²) < 4.78 is 7.47. The van der Waals surface area contributed by atoms with Crippen molar-refractivity contribution in [1.82, 2.24) is 15.1 Å². The molecule has 1 aliphatic heterocycles. The van der Waals surface area contributed by atoms with E-state index >= 15 is 0 Å². The van der Waals surface area contributed by atoms with Gasteiger partial charge in [-0.05, 0) is 39.0 Å². The van der Waals surface area contributed by atoms with Gasteiger partial charge >= 0.3 is 0 Å². The van der Waals surface area contributed by atoms with Crippen molar-refractivity contribution in [3.63, 3.8) is 0 Å². The Bertz CT molecular complexity index is 563. The summed E-state index contributed by atoms with van der Waals surface area (Å²) in [5, 5.41) is 16.5. The first-order valence-corrected chi connectivity index (χ1v) is 8.12. The van der Waals surface area contributed by atoms with Gasteiger partial charge in [0.2, 0.25) is 0 Å². The number of hydrogen-bond donors (Lipinski definition) is 2. The molecule has 0 saturated heterocycles. The minimum atomic E-state index is -0.0656. The van der Waals surface area contributed by atoms with Gasteiger partial charge in [0.15, 0.2) is 0 Å². The molecule has 6 heteroatoms. The molecule has 2 atom stereocenters. The summed E-state index contributed by atoms with van der Waals surface area (Å²) in [6.07, 6.45) is 3.53. The Hall–Kier alpha value is -1.40. The monoisotopic (exact) mass is 307 g/mol. The van der Waals surface area contributed by atoms with Gasteiger partial charge in [-0.3, -0.25) is 9.48 Å². The summed E-state index contributed by atoms with van der Waals surface area (Å²) in [4.78, 5) is 12.6. The fourth-order valence-electron chi connectivity index (χ4n) is 3.67. The highest BCUT2D eigenvalue weighted by Crippen LogP contribution is 2.33. The van der Waals surface area contributed by atoms with Crippen molar-refractivity contribution in [1.29, 1.82) is 0 Å². The molecule has 22 heavy (non-hydrogen) atoms. The molecule has 1 aliphatic carbocycles. The second kappa shape index (κ2) is 6.01. The van der Waals surface area contributed by atoms with Gasteiger partial charge in [-0.2, -0.15) is 5.10 Å². The number of amides is 1. The highest BCUT2D eigenvalue weighted by Gasteiger charge is 2.34. The molecule has 122 valence electrons. The number of aromatic nitrogens is 2. The second-order valence-electron chi connectivity index (χ2n) is 6.65. The molecule has 2 heterocycles. The Morgan fingerprint density at radius 2 is 2.18 bits per heavy atom. The zero-order valence-corrected chi connectivity index (χ0v) is 13.5. The largest absolute Gasteiger partial charge is 0.396 e. The molecule has 0 radical (unpaired) electrons. The van der Waals surface area contributed by atoms with Crippen molar-refractivity contribution in [2.24, 2.45) is 13.0 Å². The fraction of sp³-hybridized carbons (Fsp3) is 0.750. The summed E-state index contributed by atoms with van der Waals surface area (Å²) in [6.45, 7) is 4.24. The van der Waals surface area contributed by atoms with Gasteiger partial charge in [-0.1, -0.05) is 0 Å². The van der Waals surface area contributed by atoms with Crippen molar-refractivity contribution >= 4 is 5.91 Å². The molecule has 1 amide bonds. The predicted octanol–water partition coefficient (Wildman–Crippen LogP) is 1.33. The van der Waals surface area contributed by atoms with Crippen LogP contribution in [0.1, 0.15) is 61.0 Å². The summed E-state index contributed by atoms with van der Waals surface area (Å²) in [7, 11) is 1.82. The van der Waals surface area contributed by atoms with Crippen LogP contribution in [0.4, 0.5) is 0 Å². The number of rotatable bonds is 4. The standard InChI is InChI=1S/C16H25N3O3/c1-9-6-13-14(10(2)22-9)18-19(3)15(13)16(21)17-12-7-11(8-12)4-5-20/h9-12,20H,4-8H2,1-3H3,(H,17,21)/t9-,10+,11?,12?/m1/s1. The molecule has 1 saturated carbocycles. The Morgan fingerprint density at radius 3 is 2.86 bits per heavy atom. The van der Waals surface area contributed by atoms with Crippen LogP contribution in [0.5, 0.6) is 0 Å². The van der Waals surface area contributed by atoms with Crippen LogP contribution in [-0.4, -0.2) is 39.5 Å². The number of carbonyl (C=O) groups excluding carboxylic acids is 1. The maximum absolute atomic E-state index is 12.6. The number of ether oxygens (including phenoxy) is 1. The number of aliphatic hydroxyl groups is 1. The average molecular weight is 307 g/mol. The number of nitrogens with one attached hydrogen (secondary N) is 1. The molecule has 0 bridgehead atoms. The molecule has 0 aromatic carbocycles. The zero-order valence-electron chi connectivity index (χ0n) is 13.5. The number of nitrogens with zero attached hydrogens (tertiary/aromatic N) is 2. The topological polar surface area (TPSA) is 76.4 Å². The van der Waals surface area contributed by atoms with E-state index in [1.807, 2.05) is 20.9 Å². The maximum Gasteiger partial charge on any atom is 0.270 e. The highest BCUT2D eigenvalue weighted by molar-refractivity contribution is 5.94. The van der Waals surface area contributed by atoms with E-state index in [9.17, 15) is 4.79 Å². The first-order chi connectivity index (χ1) is 10.5. The number of aliphatic hydroxyl groups excluding tert-OH is 1. The molecule has 6 nitrogen and oxygen atoms in total. The number of carbonyl (C=O) groups is 1. The van der Waals surface area contributed by atoms with Crippen LogP contribution in [0.2, 0.25) is 0 Å². The lowest BCUT2D eigenvalue weighted by Crippen LogP contribution is -2.45. The smallest absolute Gasteiger partial charge is 0.270 e. The lowest BCUT2D eigenvalue weighted by atomic mass is 9.78. The van der Waals surface area contributed by atoms with Crippen LogP contribution in [-0.2, 0) is 18.2 Å². The minimum Gasteiger partial charge on any atom is -0.396 e. The molecule has 2 aliphatic rings. The van der Waals surface area contributed by atoms with Gasteiger partial charge in [-0.15, -0.1) is 0 Å². The molecule has 0 spiro atoms. The van der Waals surface area contributed by atoms with Gasteiger partial charge in [0.25, 0.3) is 5.91 Å². The average Bonchev–Trinajstić information content (AvgIpc) is 2.73. The SMILES string of the molecule is C[C@@H]1Cc2c(nn(C)c2C(=O)NC2CC(CCO)C2)[C@H](C)O1. The summed E-state index contributed by atoms with van der Waals surface area (Å²) >= 11 is 0. The van der Waals surface area contributed by atoms with Crippen LogP contribution in [0, 0.1) is 5.92 Å². The van der Waals surface area contributed by atoms with E-state index in [0.29, 0.717) is 11.6 Å². The first-order valence-electron chi connectivity index (χ1n) is 8.12. The third-order valence-electron chi connectivity index (χ3n) is 4.81. The Morgan fingerprint density at radius 1 is 1.45 bits per heavy atom. The van der Waals surface area contributed by atoms with E-state index in [4.69, 9.17) is 9.84 Å². The molecule has 2 N–H and O–H groups in total. The summed E-state index contributed by atoms with van der Waals surface area (Å²) in [6, 6.07) is 0.226. The van der Waals surface area contributed by atoms with Crippen LogP contribution in [0.25, 0.3) is 0 Å². The highest BCUT2D eigenvalue weighted by atomic mass is 16.5. The third-order valence-corrected chi connectivity index (χ3v) is 4.81. The van der Waals surface area contributed by atoms with Gasteiger partial charge in [0.1, 0.15) is 5.69 Å². The quantitative estimate of drug-likeness (QED) is 0.880. The number of hydrogen-bond acceptors (Lipinski definition) is 4. The second-order valence-corrected chi connectivity index (χ2v) is 6.65. The van der Waals surface area contributed by atoms with Crippen molar-refractivity contribution < 1.29 is 14.6 Å². The summed E-state index contributed by atoms with van der Waals surface area (Å²) in [5.41, 5.74) is 2.58. The Labute approximate surface area is 130 Å². The molecular weight excluding hydrogens is 282 g/mol. The number of fused-ring (bicyclic) bond motifs is 1. The van der Waals surface area contributed by atoms with E-state index in [1.165, 1.54) is 0 Å². The maximum atomic E-state index is 12.6. The minimum absolute atomic E-state index is 0.0370. The Kier molecular flexibility index (Phi) is 4.23. The molecule has 3 rings (SSSR count). The lowest BCUT2D eigenvalue weighted by molar-refractivity contribution is -0.00710. The lowest BCUT2D eigenvalue weighted by Gasteiger charge is -2.35. The van der Waals surface area contributed by atoms with Gasteiger partial charge in [0, 0.05) is 31.7 Å². The molecule has 1 fully saturated rings. The summed E-state index contributed by atoms with van der Waals surface area (Å²) in [5.74, 6) is 0.509. The van der Waals surface area contributed by atoms with E-state index in [0.717, 1.165) is 36.9 Å². The normalized spacial score (nSPS) is 30.5. The van der Waals surface area contributed by atoms with Crippen LogP contribution in [0.15, 0.2) is 0 Å². The molecule has 1 aromatic rings. The fourth-order valence-corrected chi connectivity index (χ4v) is 3.67. The van der Waals surface area contributed by atoms with E-state index in [-0.39, 0.29) is 30.8 Å². The molecule has 1 aromatic heterocycles. The first kappa shape index (κ1) is 15.5. The van der Waals surface area contributed by atoms with Crippen LogP contribution in [0.3, 0.4) is 0 Å². The van der Waals surface area contributed by atoms with Crippen molar-refractivity contribution in [2.45, 2.75) is 57.8 Å². The van der Waals surface area contributed by atoms with E-state index in [2.05, 4.69) is 10.4 Å². The molecule has 0 unspecified atom stereocenters. The van der Waals surface area contributed by atoms with E-state index < -0.39 is 0 Å². The predicted molar refractivity (Wildman–Crippen MR) is 81.6 cm³/mol. The zero-order chi connectivity index (χ0) is 15.9. The number of aryl methyl sites for hydroxylation is 1. The van der Waals surface area contributed by atoms with Gasteiger partial charge in [-0.25, -0.2) is 0 Å². The van der Waals surface area contributed by atoms with Gasteiger partial charge in [0.05, 0.1) is 17.9 Å². The Balaban J connectivity index is 1.71. The van der Waals surface area contributed by atoms with Crippen LogP contribution >= 0.6 is 0 Å². The van der Waals surface area contributed by atoms with E-state index in [1.54, 1.807) is 4.68 Å². The van der Waals surface area contributed by atoms with Crippen LogP contribution < -0.4 is 5.32 Å². The van der Waals surface area contributed by atoms with Crippen molar-refractivity contribution in [3.05, 3.63) is 17.0 Å². The van der Waals surface area contributed by atoms with Crippen molar-refractivity contribution in [2.75, 3.05) is 6.61 Å². The molecular formula is C16H25N3O3.